The molecule has 0 aliphatic heterocycles. The molecule has 138 valence electrons. The predicted octanol–water partition coefficient (Wildman–Crippen LogP) is 3.06. The normalized spacial score (nSPS) is 12.0. The number of imidazole rings is 1. The van der Waals surface area contributed by atoms with Gasteiger partial charge in [0.25, 0.3) is 10.0 Å². The molecule has 0 bridgehead atoms. The molecule has 0 aliphatic carbocycles. The van der Waals surface area contributed by atoms with Gasteiger partial charge in [0, 0.05) is 5.39 Å². The zero-order valence-corrected chi connectivity index (χ0v) is 15.2. The fourth-order valence-corrected chi connectivity index (χ4v) is 4.64. The number of rotatable bonds is 3. The molecule has 5 aromatic rings. The van der Waals surface area contributed by atoms with Crippen LogP contribution in [0.3, 0.4) is 0 Å². The fraction of sp³-hybridized carbons (Fsp3) is 0. The maximum Gasteiger partial charge on any atom is 0.271 e. The first kappa shape index (κ1) is 16.5. The molecule has 9 heteroatoms. The van der Waals surface area contributed by atoms with Crippen molar-refractivity contribution >= 4 is 37.9 Å². The van der Waals surface area contributed by atoms with Crippen LogP contribution in [0.2, 0.25) is 0 Å². The van der Waals surface area contributed by atoms with Crippen LogP contribution in [-0.4, -0.2) is 27.3 Å². The van der Waals surface area contributed by atoms with Gasteiger partial charge in [0.15, 0.2) is 11.4 Å². The minimum atomic E-state index is -3.97. The van der Waals surface area contributed by atoms with Gasteiger partial charge < -0.3 is 10.2 Å². The number of benzene rings is 2. The van der Waals surface area contributed by atoms with E-state index in [1.807, 2.05) is 18.2 Å². The lowest BCUT2D eigenvalue weighted by Crippen LogP contribution is -2.13. The Kier molecular flexibility index (Phi) is 3.46. The van der Waals surface area contributed by atoms with Crippen LogP contribution in [0.15, 0.2) is 76.5 Å². The van der Waals surface area contributed by atoms with Crippen molar-refractivity contribution in [1.29, 1.82) is 0 Å². The summed E-state index contributed by atoms with van der Waals surface area (Å²) < 4.78 is 33.3. The predicted molar refractivity (Wildman–Crippen MR) is 104 cm³/mol. The molecule has 8 nitrogen and oxygen atoms in total. The number of anilines is 1. The molecule has 0 radical (unpaired) electrons. The van der Waals surface area contributed by atoms with Crippen LogP contribution in [0.4, 0.5) is 5.95 Å². The Morgan fingerprint density at radius 1 is 0.964 bits per heavy atom. The first-order chi connectivity index (χ1) is 13.6. The summed E-state index contributed by atoms with van der Waals surface area (Å²) in [4.78, 5) is 12.7. The van der Waals surface area contributed by atoms with Crippen molar-refractivity contribution in [3.8, 4) is 11.5 Å². The van der Waals surface area contributed by atoms with Gasteiger partial charge in [-0.15, -0.1) is 0 Å². The summed E-state index contributed by atoms with van der Waals surface area (Å²) in [6, 6.07) is 15.8. The SMILES string of the molecule is Nc1nc(-c2ccco2)c2ncn(S(=O)(=O)c3cccc4ccccc34)c2n1. The maximum atomic E-state index is 13.4. The molecule has 0 saturated heterocycles. The summed E-state index contributed by atoms with van der Waals surface area (Å²) in [6.45, 7) is 0. The molecule has 0 amide bonds. The second-order valence-electron chi connectivity index (χ2n) is 6.10. The van der Waals surface area contributed by atoms with Crippen LogP contribution in [-0.2, 0) is 10.0 Å². The minimum absolute atomic E-state index is 0.0752. The van der Waals surface area contributed by atoms with E-state index in [9.17, 15) is 8.42 Å². The average Bonchev–Trinajstić information content (AvgIpc) is 3.37. The van der Waals surface area contributed by atoms with Crippen molar-refractivity contribution in [2.45, 2.75) is 4.90 Å². The third kappa shape index (κ3) is 2.37. The number of hydrogen-bond acceptors (Lipinski definition) is 7. The van der Waals surface area contributed by atoms with Crippen molar-refractivity contribution in [1.82, 2.24) is 18.9 Å². The van der Waals surface area contributed by atoms with Crippen LogP contribution in [0.5, 0.6) is 0 Å². The molecule has 28 heavy (non-hydrogen) atoms. The number of hydrogen-bond donors (Lipinski definition) is 1. The minimum Gasteiger partial charge on any atom is -0.463 e. The van der Waals surface area contributed by atoms with Crippen molar-refractivity contribution < 1.29 is 12.8 Å². The third-order valence-electron chi connectivity index (χ3n) is 4.42. The first-order valence-corrected chi connectivity index (χ1v) is 9.77. The smallest absolute Gasteiger partial charge is 0.271 e. The van der Waals surface area contributed by atoms with Crippen LogP contribution < -0.4 is 5.73 Å². The molecule has 0 saturated carbocycles. The Morgan fingerprint density at radius 3 is 2.61 bits per heavy atom. The molecular weight excluding hydrogens is 378 g/mol. The molecule has 2 N–H and O–H groups in total. The molecule has 3 aromatic heterocycles. The number of nitrogens with zero attached hydrogens (tertiary/aromatic N) is 4. The van der Waals surface area contributed by atoms with Gasteiger partial charge in [0.1, 0.15) is 17.5 Å². The lowest BCUT2D eigenvalue weighted by molar-refractivity contribution is 0.580. The second-order valence-corrected chi connectivity index (χ2v) is 7.89. The summed E-state index contributed by atoms with van der Waals surface area (Å²) in [5.41, 5.74) is 6.54. The number of nitrogen functional groups attached to an aromatic ring is 1. The van der Waals surface area contributed by atoms with Crippen molar-refractivity contribution in [3.63, 3.8) is 0 Å². The van der Waals surface area contributed by atoms with Gasteiger partial charge in [-0.25, -0.2) is 22.4 Å². The Labute approximate surface area is 159 Å². The number of furan rings is 1. The van der Waals surface area contributed by atoms with E-state index in [1.54, 1.807) is 36.4 Å². The zero-order chi connectivity index (χ0) is 19.3. The zero-order valence-electron chi connectivity index (χ0n) is 14.4. The second kappa shape index (κ2) is 5.89. The van der Waals surface area contributed by atoms with Crippen molar-refractivity contribution in [2.24, 2.45) is 0 Å². The highest BCUT2D eigenvalue weighted by Gasteiger charge is 2.25. The van der Waals surface area contributed by atoms with E-state index in [0.29, 0.717) is 16.8 Å². The van der Waals surface area contributed by atoms with Crippen molar-refractivity contribution in [3.05, 3.63) is 67.2 Å². The van der Waals surface area contributed by atoms with Gasteiger partial charge in [0.2, 0.25) is 5.95 Å². The molecule has 0 spiro atoms. The standard InChI is InChI=1S/C19H13N5O3S/c20-19-22-16(14-8-4-10-27-14)17-18(23-19)24(11-21-17)28(25,26)15-9-3-6-12-5-1-2-7-13(12)15/h1-11H,(H2,20,22,23). The highest BCUT2D eigenvalue weighted by Crippen LogP contribution is 2.30. The lowest BCUT2D eigenvalue weighted by Gasteiger charge is -2.09. The molecule has 0 aliphatic rings. The molecule has 2 aromatic carbocycles. The highest BCUT2D eigenvalue weighted by atomic mass is 32.2. The van der Waals surface area contributed by atoms with E-state index in [4.69, 9.17) is 10.2 Å². The summed E-state index contributed by atoms with van der Waals surface area (Å²) in [5.74, 6) is 0.348. The Hall–Kier alpha value is -3.72. The van der Waals surface area contributed by atoms with Crippen molar-refractivity contribution in [2.75, 3.05) is 5.73 Å². The summed E-state index contributed by atoms with van der Waals surface area (Å²) in [6.07, 6.45) is 2.70. The molecular formula is C19H13N5O3S. The maximum absolute atomic E-state index is 13.4. The lowest BCUT2D eigenvalue weighted by atomic mass is 10.1. The van der Waals surface area contributed by atoms with Crippen LogP contribution >= 0.6 is 0 Å². The van der Waals surface area contributed by atoms with E-state index < -0.39 is 10.0 Å². The van der Waals surface area contributed by atoms with Gasteiger partial charge in [-0.3, -0.25) is 0 Å². The summed E-state index contributed by atoms with van der Waals surface area (Å²) in [7, 11) is -3.97. The Bertz CT molecular complexity index is 1430. The van der Waals surface area contributed by atoms with E-state index in [2.05, 4.69) is 15.0 Å². The highest BCUT2D eigenvalue weighted by molar-refractivity contribution is 7.90. The number of aromatic nitrogens is 4. The molecule has 5 rings (SSSR count). The largest absolute Gasteiger partial charge is 0.463 e. The Balaban J connectivity index is 1.80. The first-order valence-electron chi connectivity index (χ1n) is 8.33. The van der Waals surface area contributed by atoms with Gasteiger partial charge >= 0.3 is 0 Å². The van der Waals surface area contributed by atoms with E-state index in [0.717, 1.165) is 9.36 Å². The average molecular weight is 391 g/mol. The van der Waals surface area contributed by atoms with Gasteiger partial charge in [0.05, 0.1) is 11.2 Å². The van der Waals surface area contributed by atoms with E-state index >= 15 is 0 Å². The molecule has 0 atom stereocenters. The van der Waals surface area contributed by atoms with Gasteiger partial charge in [-0.05, 0) is 23.6 Å². The topological polar surface area (TPSA) is 117 Å². The molecule has 0 unspecified atom stereocenters. The Morgan fingerprint density at radius 2 is 1.79 bits per heavy atom. The summed E-state index contributed by atoms with van der Waals surface area (Å²) in [5, 5.41) is 1.43. The number of nitrogens with two attached hydrogens (primary N) is 1. The molecule has 0 fully saturated rings. The number of fused-ring (bicyclic) bond motifs is 2. The van der Waals surface area contributed by atoms with E-state index in [-0.39, 0.29) is 22.0 Å². The quantitative estimate of drug-likeness (QED) is 0.502. The molecule has 3 heterocycles. The van der Waals surface area contributed by atoms with Gasteiger partial charge in [-0.2, -0.15) is 4.98 Å². The van der Waals surface area contributed by atoms with Gasteiger partial charge in [-0.1, -0.05) is 36.4 Å². The fourth-order valence-electron chi connectivity index (χ4n) is 3.18. The van der Waals surface area contributed by atoms with Crippen LogP contribution in [0.1, 0.15) is 0 Å². The van der Waals surface area contributed by atoms with Crippen LogP contribution in [0, 0.1) is 0 Å². The summed E-state index contributed by atoms with van der Waals surface area (Å²) >= 11 is 0. The monoisotopic (exact) mass is 391 g/mol. The van der Waals surface area contributed by atoms with Crippen LogP contribution in [0.25, 0.3) is 33.4 Å². The van der Waals surface area contributed by atoms with E-state index in [1.165, 1.54) is 12.6 Å². The third-order valence-corrected chi connectivity index (χ3v) is 6.12.